The second kappa shape index (κ2) is 9.70. The van der Waals surface area contributed by atoms with Gasteiger partial charge in [0, 0.05) is 55.4 Å². The molecule has 1 heterocycles. The first-order valence-corrected chi connectivity index (χ1v) is 10.2. The van der Waals surface area contributed by atoms with Crippen molar-refractivity contribution in [3.05, 3.63) is 67.9 Å². The molecule has 1 amide bonds. The maximum Gasteiger partial charge on any atom is 0.271 e. The minimum Gasteiger partial charge on any atom is -0.323 e. The van der Waals surface area contributed by atoms with Gasteiger partial charge in [0.15, 0.2) is 0 Å². The van der Waals surface area contributed by atoms with Gasteiger partial charge >= 0.3 is 0 Å². The van der Waals surface area contributed by atoms with Crippen LogP contribution in [0.15, 0.2) is 36.4 Å². The molecule has 2 aromatic rings. The van der Waals surface area contributed by atoms with Crippen molar-refractivity contribution < 1.29 is 14.1 Å². The Labute approximate surface area is 183 Å². The molecule has 1 N–H and O–H groups in total. The van der Waals surface area contributed by atoms with Gasteiger partial charge in [0.1, 0.15) is 5.82 Å². The largest absolute Gasteiger partial charge is 0.323 e. The Hall–Kier alpha value is -2.26. The molecule has 10 heteroatoms. The van der Waals surface area contributed by atoms with Gasteiger partial charge in [-0.3, -0.25) is 24.7 Å². The number of carbonyl (C=O) groups excluding carboxylic acids is 1. The highest BCUT2D eigenvalue weighted by Gasteiger charge is 2.27. The second-order valence-electron chi connectivity index (χ2n) is 7.10. The second-order valence-corrected chi connectivity index (χ2v) is 7.91. The molecule has 0 spiro atoms. The molecule has 3 rings (SSSR count). The normalized spacial score (nSPS) is 16.3. The highest BCUT2D eigenvalue weighted by Crippen LogP contribution is 2.27. The van der Waals surface area contributed by atoms with E-state index in [2.05, 4.69) is 10.2 Å². The van der Waals surface area contributed by atoms with Crippen LogP contribution in [0.5, 0.6) is 0 Å². The predicted molar refractivity (Wildman–Crippen MR) is 114 cm³/mol. The van der Waals surface area contributed by atoms with E-state index in [1.165, 1.54) is 24.3 Å². The molecule has 160 valence electrons. The number of piperazine rings is 1. The lowest BCUT2D eigenvalue weighted by Gasteiger charge is -2.37. The first-order chi connectivity index (χ1) is 14.3. The Balaban J connectivity index is 1.57. The summed E-state index contributed by atoms with van der Waals surface area (Å²) < 4.78 is 14.0. The Kier molecular flexibility index (Phi) is 7.25. The van der Waals surface area contributed by atoms with Crippen molar-refractivity contribution in [2.75, 3.05) is 31.5 Å². The smallest absolute Gasteiger partial charge is 0.271 e. The lowest BCUT2D eigenvalue weighted by atomic mass is 10.1. The zero-order chi connectivity index (χ0) is 21.8. The maximum absolute atomic E-state index is 14.0. The van der Waals surface area contributed by atoms with E-state index < -0.39 is 11.0 Å². The SMILES string of the molecule is CC(C(=O)Nc1cc([N+](=O)[O-])ccc1Cl)N1CCN(Cc2c(F)cccc2Cl)CC1. The average Bonchev–Trinajstić information content (AvgIpc) is 2.72. The highest BCUT2D eigenvalue weighted by atomic mass is 35.5. The van der Waals surface area contributed by atoms with Crippen LogP contribution in [0.1, 0.15) is 12.5 Å². The molecule has 7 nitrogen and oxygen atoms in total. The number of halogens is 3. The molecule has 0 radical (unpaired) electrons. The van der Waals surface area contributed by atoms with Crippen LogP contribution in [0.2, 0.25) is 10.0 Å². The van der Waals surface area contributed by atoms with E-state index in [1.807, 2.05) is 4.90 Å². The number of non-ortho nitro benzene ring substituents is 1. The molecule has 1 unspecified atom stereocenters. The van der Waals surface area contributed by atoms with E-state index in [4.69, 9.17) is 23.2 Å². The van der Waals surface area contributed by atoms with Crippen LogP contribution in [-0.2, 0) is 11.3 Å². The van der Waals surface area contributed by atoms with Gasteiger partial charge in [0.2, 0.25) is 5.91 Å². The summed E-state index contributed by atoms with van der Waals surface area (Å²) in [6.45, 7) is 4.71. The standard InChI is InChI=1S/C20H21Cl2FN4O3/c1-13(20(28)24-19-11-14(27(29)30)5-6-17(19)22)26-9-7-25(8-10-26)12-15-16(21)3-2-4-18(15)23/h2-6,11,13H,7-10,12H2,1H3,(H,24,28). The van der Waals surface area contributed by atoms with Gasteiger partial charge < -0.3 is 5.32 Å². The molecule has 0 aliphatic carbocycles. The van der Waals surface area contributed by atoms with Crippen molar-refractivity contribution in [3.8, 4) is 0 Å². The number of nitrogens with one attached hydrogen (secondary N) is 1. The van der Waals surface area contributed by atoms with Crippen molar-refractivity contribution in [2.24, 2.45) is 0 Å². The van der Waals surface area contributed by atoms with E-state index >= 15 is 0 Å². The van der Waals surface area contributed by atoms with Crippen molar-refractivity contribution in [2.45, 2.75) is 19.5 Å². The molecule has 0 bridgehead atoms. The average molecular weight is 455 g/mol. The minimum atomic E-state index is -0.545. The Bertz CT molecular complexity index is 931. The molecule has 1 fully saturated rings. The van der Waals surface area contributed by atoms with E-state index in [9.17, 15) is 19.3 Å². The topological polar surface area (TPSA) is 78.7 Å². The predicted octanol–water partition coefficient (Wildman–Crippen LogP) is 4.19. The summed E-state index contributed by atoms with van der Waals surface area (Å²) in [5, 5.41) is 14.2. The molecular formula is C20H21Cl2FN4O3. The lowest BCUT2D eigenvalue weighted by Crippen LogP contribution is -2.52. The summed E-state index contributed by atoms with van der Waals surface area (Å²) in [6.07, 6.45) is 0. The van der Waals surface area contributed by atoms with Gasteiger partial charge in [0.25, 0.3) is 5.69 Å². The van der Waals surface area contributed by atoms with Gasteiger partial charge in [-0.1, -0.05) is 29.3 Å². The molecule has 2 aromatic carbocycles. The van der Waals surface area contributed by atoms with E-state index in [0.717, 1.165) is 0 Å². The van der Waals surface area contributed by atoms with Crippen LogP contribution in [0.4, 0.5) is 15.8 Å². The first kappa shape index (κ1) is 22.4. The first-order valence-electron chi connectivity index (χ1n) is 9.40. The van der Waals surface area contributed by atoms with E-state index in [-0.39, 0.29) is 28.1 Å². The summed E-state index contributed by atoms with van der Waals surface area (Å²) in [6, 6.07) is 8.08. The summed E-state index contributed by atoms with van der Waals surface area (Å²) >= 11 is 12.2. The lowest BCUT2D eigenvalue weighted by molar-refractivity contribution is -0.384. The number of benzene rings is 2. The van der Waals surface area contributed by atoms with E-state index in [1.54, 1.807) is 19.1 Å². The number of rotatable bonds is 6. The van der Waals surface area contributed by atoms with Crippen molar-refractivity contribution in [1.29, 1.82) is 0 Å². The summed E-state index contributed by atoms with van der Waals surface area (Å²) in [5.41, 5.74) is 0.525. The summed E-state index contributed by atoms with van der Waals surface area (Å²) in [4.78, 5) is 27.1. The highest BCUT2D eigenvalue weighted by molar-refractivity contribution is 6.33. The van der Waals surface area contributed by atoms with Crippen LogP contribution >= 0.6 is 23.2 Å². The zero-order valence-electron chi connectivity index (χ0n) is 16.3. The fourth-order valence-corrected chi connectivity index (χ4v) is 3.73. The number of nitrogens with zero attached hydrogens (tertiary/aromatic N) is 3. The van der Waals surface area contributed by atoms with Gasteiger partial charge in [-0.2, -0.15) is 0 Å². The number of anilines is 1. The fraction of sp³-hybridized carbons (Fsp3) is 0.350. The number of nitro benzene ring substituents is 1. The Morgan fingerprint density at radius 1 is 1.20 bits per heavy atom. The molecule has 1 aliphatic heterocycles. The monoisotopic (exact) mass is 454 g/mol. The van der Waals surface area contributed by atoms with Gasteiger partial charge in [-0.15, -0.1) is 0 Å². The Morgan fingerprint density at radius 2 is 1.90 bits per heavy atom. The zero-order valence-corrected chi connectivity index (χ0v) is 17.8. The van der Waals surface area contributed by atoms with Crippen molar-refractivity contribution >= 4 is 40.5 Å². The van der Waals surface area contributed by atoms with Crippen molar-refractivity contribution in [3.63, 3.8) is 0 Å². The van der Waals surface area contributed by atoms with Crippen LogP contribution in [0.25, 0.3) is 0 Å². The van der Waals surface area contributed by atoms with Crippen molar-refractivity contribution in [1.82, 2.24) is 9.80 Å². The van der Waals surface area contributed by atoms with Crippen LogP contribution in [-0.4, -0.2) is 52.9 Å². The number of hydrogen-bond acceptors (Lipinski definition) is 5. The number of carbonyl (C=O) groups is 1. The summed E-state index contributed by atoms with van der Waals surface area (Å²) in [7, 11) is 0. The van der Waals surface area contributed by atoms with Gasteiger partial charge in [-0.05, 0) is 25.1 Å². The quantitative estimate of drug-likeness (QED) is 0.522. The number of amides is 1. The molecule has 0 saturated carbocycles. The minimum absolute atomic E-state index is 0.150. The molecule has 1 aliphatic rings. The third-order valence-electron chi connectivity index (χ3n) is 5.20. The van der Waals surface area contributed by atoms with Crippen LogP contribution in [0, 0.1) is 15.9 Å². The molecular weight excluding hydrogens is 434 g/mol. The molecule has 0 aromatic heterocycles. The summed E-state index contributed by atoms with van der Waals surface area (Å²) in [5.74, 6) is -0.630. The van der Waals surface area contributed by atoms with Crippen LogP contribution < -0.4 is 5.32 Å². The molecule has 1 saturated heterocycles. The van der Waals surface area contributed by atoms with Crippen LogP contribution in [0.3, 0.4) is 0 Å². The number of nitro groups is 1. The van der Waals surface area contributed by atoms with Gasteiger partial charge in [-0.25, -0.2) is 4.39 Å². The maximum atomic E-state index is 14.0. The molecule has 30 heavy (non-hydrogen) atoms. The third kappa shape index (κ3) is 5.26. The molecule has 1 atom stereocenters. The Morgan fingerprint density at radius 3 is 2.53 bits per heavy atom. The number of hydrogen-bond donors (Lipinski definition) is 1. The van der Waals surface area contributed by atoms with Gasteiger partial charge in [0.05, 0.1) is 21.7 Å². The fourth-order valence-electron chi connectivity index (χ4n) is 3.34. The van der Waals surface area contributed by atoms with E-state index in [0.29, 0.717) is 43.3 Å². The third-order valence-corrected chi connectivity index (χ3v) is 5.88.